The van der Waals surface area contributed by atoms with Gasteiger partial charge in [-0.25, -0.2) is 5.43 Å². The van der Waals surface area contributed by atoms with Crippen molar-refractivity contribution in [3.63, 3.8) is 0 Å². The van der Waals surface area contributed by atoms with Crippen LogP contribution in [-0.2, 0) is 4.79 Å². The SMILES string of the molecule is O=C(O)CC/C(=N\NC(=O)c1ccccc1)c1ccccc1. The van der Waals surface area contributed by atoms with Crippen LogP contribution in [0.4, 0.5) is 0 Å². The number of hydrogen-bond donors (Lipinski definition) is 2. The summed E-state index contributed by atoms with van der Waals surface area (Å²) in [7, 11) is 0. The molecule has 0 aliphatic heterocycles. The van der Waals surface area contributed by atoms with Crippen LogP contribution in [-0.4, -0.2) is 22.7 Å². The van der Waals surface area contributed by atoms with Gasteiger partial charge in [0, 0.05) is 12.0 Å². The Kier molecular flexibility index (Phi) is 5.43. The van der Waals surface area contributed by atoms with E-state index >= 15 is 0 Å². The number of nitrogens with zero attached hydrogens (tertiary/aromatic N) is 1. The molecular formula is C17H16N2O3. The van der Waals surface area contributed by atoms with Crippen molar-refractivity contribution in [1.82, 2.24) is 5.43 Å². The predicted octanol–water partition coefficient (Wildman–Crippen LogP) is 2.69. The zero-order chi connectivity index (χ0) is 15.8. The Morgan fingerprint density at radius 3 is 1.95 bits per heavy atom. The van der Waals surface area contributed by atoms with Gasteiger partial charge in [0.25, 0.3) is 5.91 Å². The molecule has 5 nitrogen and oxygen atoms in total. The fourth-order valence-electron chi connectivity index (χ4n) is 1.89. The lowest BCUT2D eigenvalue weighted by molar-refractivity contribution is -0.136. The topological polar surface area (TPSA) is 78.8 Å². The molecule has 0 radical (unpaired) electrons. The summed E-state index contributed by atoms with van der Waals surface area (Å²) >= 11 is 0. The lowest BCUT2D eigenvalue weighted by atomic mass is 10.1. The summed E-state index contributed by atoms with van der Waals surface area (Å²) in [5.41, 5.74) is 4.30. The van der Waals surface area contributed by atoms with Gasteiger partial charge in [0.1, 0.15) is 0 Å². The summed E-state index contributed by atoms with van der Waals surface area (Å²) in [4.78, 5) is 22.7. The number of rotatable bonds is 6. The first-order chi connectivity index (χ1) is 10.7. The Balaban J connectivity index is 2.14. The molecule has 0 aromatic heterocycles. The number of carboxylic acid groups (broad SMARTS) is 1. The number of carboxylic acids is 1. The summed E-state index contributed by atoms with van der Waals surface area (Å²) in [5, 5.41) is 12.9. The first-order valence-corrected chi connectivity index (χ1v) is 6.86. The van der Waals surface area contributed by atoms with Crippen molar-refractivity contribution in [2.75, 3.05) is 0 Å². The van der Waals surface area contributed by atoms with Crippen molar-refractivity contribution >= 4 is 17.6 Å². The monoisotopic (exact) mass is 296 g/mol. The molecule has 112 valence electrons. The van der Waals surface area contributed by atoms with E-state index in [1.165, 1.54) is 0 Å². The molecule has 0 saturated carbocycles. The van der Waals surface area contributed by atoms with E-state index in [2.05, 4.69) is 10.5 Å². The zero-order valence-electron chi connectivity index (χ0n) is 11.9. The minimum atomic E-state index is -0.905. The molecule has 0 spiro atoms. The second kappa shape index (κ2) is 7.73. The van der Waals surface area contributed by atoms with E-state index in [9.17, 15) is 9.59 Å². The highest BCUT2D eigenvalue weighted by atomic mass is 16.4. The summed E-state index contributed by atoms with van der Waals surface area (Å²) < 4.78 is 0. The van der Waals surface area contributed by atoms with Gasteiger partial charge in [-0.3, -0.25) is 9.59 Å². The number of aliphatic carboxylic acids is 1. The smallest absolute Gasteiger partial charge is 0.303 e. The van der Waals surface area contributed by atoms with Gasteiger partial charge in [-0.05, 0) is 17.7 Å². The maximum absolute atomic E-state index is 12.0. The minimum Gasteiger partial charge on any atom is -0.481 e. The Bertz CT molecular complexity index is 667. The number of hydrazone groups is 1. The fraction of sp³-hybridized carbons (Fsp3) is 0.118. The van der Waals surface area contributed by atoms with E-state index in [0.717, 1.165) is 5.56 Å². The highest BCUT2D eigenvalue weighted by Crippen LogP contribution is 2.07. The highest BCUT2D eigenvalue weighted by Gasteiger charge is 2.08. The molecule has 0 atom stereocenters. The molecule has 0 aliphatic rings. The van der Waals surface area contributed by atoms with E-state index in [-0.39, 0.29) is 18.7 Å². The van der Waals surface area contributed by atoms with Gasteiger partial charge in [-0.15, -0.1) is 0 Å². The van der Waals surface area contributed by atoms with Crippen LogP contribution in [0.15, 0.2) is 65.8 Å². The van der Waals surface area contributed by atoms with Gasteiger partial charge < -0.3 is 5.11 Å². The number of nitrogens with one attached hydrogen (secondary N) is 1. The standard InChI is InChI=1S/C17H16N2O3/c20-16(21)12-11-15(13-7-3-1-4-8-13)18-19-17(22)14-9-5-2-6-10-14/h1-10H,11-12H2,(H,19,22)(H,20,21)/b18-15+. The third-order valence-electron chi connectivity index (χ3n) is 3.01. The molecule has 2 N–H and O–H groups in total. The number of benzene rings is 2. The molecule has 1 amide bonds. The maximum atomic E-state index is 12.0. The van der Waals surface area contributed by atoms with E-state index in [1.807, 2.05) is 36.4 Å². The minimum absolute atomic E-state index is 0.0467. The molecule has 22 heavy (non-hydrogen) atoms. The van der Waals surface area contributed by atoms with Crippen LogP contribution >= 0.6 is 0 Å². The van der Waals surface area contributed by atoms with Gasteiger partial charge in [-0.2, -0.15) is 5.10 Å². The van der Waals surface area contributed by atoms with Crippen molar-refractivity contribution < 1.29 is 14.7 Å². The van der Waals surface area contributed by atoms with E-state index < -0.39 is 5.97 Å². The number of amides is 1. The number of carbonyl (C=O) groups excluding carboxylic acids is 1. The number of hydrogen-bond acceptors (Lipinski definition) is 3. The zero-order valence-corrected chi connectivity index (χ0v) is 11.9. The third kappa shape index (κ3) is 4.56. The fourth-order valence-corrected chi connectivity index (χ4v) is 1.89. The second-order valence-corrected chi connectivity index (χ2v) is 4.63. The Morgan fingerprint density at radius 1 is 0.864 bits per heavy atom. The Morgan fingerprint density at radius 2 is 1.41 bits per heavy atom. The van der Waals surface area contributed by atoms with Crippen LogP contribution in [0, 0.1) is 0 Å². The molecule has 2 aromatic rings. The number of carbonyl (C=O) groups is 2. The van der Waals surface area contributed by atoms with Crippen molar-refractivity contribution in [1.29, 1.82) is 0 Å². The van der Waals surface area contributed by atoms with Gasteiger partial charge >= 0.3 is 5.97 Å². The maximum Gasteiger partial charge on any atom is 0.303 e. The van der Waals surface area contributed by atoms with Crippen LogP contribution in [0.5, 0.6) is 0 Å². The highest BCUT2D eigenvalue weighted by molar-refractivity contribution is 6.03. The molecule has 0 saturated heterocycles. The summed E-state index contributed by atoms with van der Waals surface area (Å²) in [6.45, 7) is 0. The second-order valence-electron chi connectivity index (χ2n) is 4.63. The Hall–Kier alpha value is -2.95. The first kappa shape index (κ1) is 15.4. The molecule has 0 heterocycles. The molecule has 0 aliphatic carbocycles. The predicted molar refractivity (Wildman–Crippen MR) is 83.8 cm³/mol. The van der Waals surface area contributed by atoms with Gasteiger partial charge in [0.15, 0.2) is 0 Å². The summed E-state index contributed by atoms with van der Waals surface area (Å²) in [6, 6.07) is 17.9. The van der Waals surface area contributed by atoms with Crippen molar-refractivity contribution in [3.05, 3.63) is 71.8 Å². The molecule has 5 heteroatoms. The first-order valence-electron chi connectivity index (χ1n) is 6.86. The quantitative estimate of drug-likeness (QED) is 0.635. The van der Waals surface area contributed by atoms with Gasteiger partial charge in [0.05, 0.1) is 12.1 Å². The molecule has 0 fully saturated rings. The molecule has 2 aromatic carbocycles. The Labute approximate surface area is 128 Å². The molecule has 0 bridgehead atoms. The van der Waals surface area contributed by atoms with Crippen LogP contribution in [0.25, 0.3) is 0 Å². The van der Waals surface area contributed by atoms with Crippen LogP contribution in [0.3, 0.4) is 0 Å². The van der Waals surface area contributed by atoms with Gasteiger partial charge in [-0.1, -0.05) is 48.5 Å². The van der Waals surface area contributed by atoms with Crippen molar-refractivity contribution in [2.24, 2.45) is 5.10 Å². The third-order valence-corrected chi connectivity index (χ3v) is 3.01. The van der Waals surface area contributed by atoms with E-state index in [4.69, 9.17) is 5.11 Å². The lowest BCUT2D eigenvalue weighted by Crippen LogP contribution is -2.20. The van der Waals surface area contributed by atoms with Crippen molar-refractivity contribution in [2.45, 2.75) is 12.8 Å². The van der Waals surface area contributed by atoms with Crippen LogP contribution < -0.4 is 5.43 Å². The molecular weight excluding hydrogens is 280 g/mol. The van der Waals surface area contributed by atoms with Gasteiger partial charge in [0.2, 0.25) is 0 Å². The average Bonchev–Trinajstić information content (AvgIpc) is 2.56. The average molecular weight is 296 g/mol. The van der Waals surface area contributed by atoms with Crippen molar-refractivity contribution in [3.8, 4) is 0 Å². The normalized spacial score (nSPS) is 11.0. The van der Waals surface area contributed by atoms with Crippen LogP contribution in [0.1, 0.15) is 28.8 Å². The summed E-state index contributed by atoms with van der Waals surface area (Å²) in [5.74, 6) is -1.23. The summed E-state index contributed by atoms with van der Waals surface area (Å²) in [6.07, 6.45) is 0.198. The largest absolute Gasteiger partial charge is 0.481 e. The lowest BCUT2D eigenvalue weighted by Gasteiger charge is -2.06. The van der Waals surface area contributed by atoms with E-state index in [0.29, 0.717) is 11.3 Å². The molecule has 0 unspecified atom stereocenters. The van der Waals surface area contributed by atoms with Crippen LogP contribution in [0.2, 0.25) is 0 Å². The molecule has 2 rings (SSSR count). The van der Waals surface area contributed by atoms with E-state index in [1.54, 1.807) is 24.3 Å².